The number of rotatable bonds is 0. The van der Waals surface area contributed by atoms with E-state index >= 15 is 0 Å². The molecule has 0 aromatic heterocycles. The van der Waals surface area contributed by atoms with E-state index in [1.54, 1.807) is 0 Å². The Morgan fingerprint density at radius 2 is 0.500 bits per heavy atom. The predicted molar refractivity (Wildman–Crippen MR) is 39.6 cm³/mol. The van der Waals surface area contributed by atoms with Crippen molar-refractivity contribution in [2.75, 3.05) is 0 Å². The minimum absolute atomic E-state index is 8.08. The Balaban J connectivity index is 4.18. The van der Waals surface area contributed by atoms with Crippen LogP contribution in [0.15, 0.2) is 0 Å². The van der Waals surface area contributed by atoms with Gasteiger partial charge in [0.25, 0.3) is 0 Å². The Hall–Kier alpha value is -1.12. The second-order valence-corrected chi connectivity index (χ2v) is 4.60. The smallest absolute Gasteiger partial charge is 0.219 e. The van der Waals surface area contributed by atoms with Gasteiger partial charge in [0.1, 0.15) is 0 Å². The highest BCUT2D eigenvalue weighted by Crippen LogP contribution is 2.72. The van der Waals surface area contributed by atoms with E-state index in [1.165, 1.54) is 0 Å². The molecule has 0 saturated heterocycles. The van der Waals surface area contributed by atoms with E-state index in [0.717, 1.165) is 0 Å². The molecule has 0 radical (unpaired) electrons. The summed E-state index contributed by atoms with van der Waals surface area (Å²) in [5, 5.41) is 0. The molecule has 0 spiro atoms. The van der Waals surface area contributed by atoms with Gasteiger partial charge in [0.15, 0.2) is 0 Å². The summed E-state index contributed by atoms with van der Waals surface area (Å²) < 4.78 is 204. The second-order valence-electron chi connectivity index (χ2n) is 4.60. The third-order valence-corrected chi connectivity index (χ3v) is 3.23. The van der Waals surface area contributed by atoms with Gasteiger partial charge in [-0.3, -0.25) is 0 Å². The molecule has 1 saturated carbocycles. The maximum Gasteiger partial charge on any atom is 0.435 e. The van der Waals surface area contributed by atoms with E-state index in [0.29, 0.717) is 0 Å². The summed E-state index contributed by atoms with van der Waals surface area (Å²) >= 11 is 0. The van der Waals surface area contributed by atoms with Crippen LogP contribution in [-0.4, -0.2) is 47.4 Å². The second kappa shape index (κ2) is 4.34. The van der Waals surface area contributed by atoms with E-state index < -0.39 is 47.4 Å². The maximum absolute atomic E-state index is 13.3. The van der Waals surface area contributed by atoms with E-state index in [1.807, 2.05) is 0 Å². The van der Waals surface area contributed by atoms with Gasteiger partial charge in [-0.1, -0.05) is 0 Å². The lowest BCUT2D eigenvalue weighted by atomic mass is 9.85. The summed E-state index contributed by atoms with van der Waals surface area (Å²) in [6.45, 7) is 0. The monoisotopic (exact) mass is 400 g/mol. The Labute approximate surface area is 119 Å². The zero-order valence-electron chi connectivity index (χ0n) is 10.0. The lowest BCUT2D eigenvalue weighted by Gasteiger charge is -2.41. The SMILES string of the molecule is FC(F)(F)C1(F)C(F)(F)C(F)(F)C(F)(F)C(F)(F)C(F)(F)C1(F)F. The van der Waals surface area contributed by atoms with Crippen LogP contribution in [0.25, 0.3) is 0 Å². The fourth-order valence-electron chi connectivity index (χ4n) is 1.77. The van der Waals surface area contributed by atoms with Gasteiger partial charge in [0.05, 0.1) is 0 Å². The molecule has 1 aliphatic rings. The van der Waals surface area contributed by atoms with Crippen LogP contribution < -0.4 is 0 Å². The van der Waals surface area contributed by atoms with Crippen LogP contribution >= 0.6 is 0 Å². The van der Waals surface area contributed by atoms with Gasteiger partial charge >= 0.3 is 47.4 Å². The number of alkyl halides is 16. The molecule has 0 N–H and O–H groups in total. The Kier molecular flexibility index (Phi) is 3.78. The van der Waals surface area contributed by atoms with Crippen molar-refractivity contribution in [3.8, 4) is 0 Å². The first-order valence-corrected chi connectivity index (χ1v) is 5.02. The van der Waals surface area contributed by atoms with Gasteiger partial charge in [0, 0.05) is 0 Å². The minimum Gasteiger partial charge on any atom is -0.219 e. The molecular weight excluding hydrogens is 400 g/mol. The van der Waals surface area contributed by atoms with Crippen molar-refractivity contribution >= 4 is 0 Å². The quantitative estimate of drug-likeness (QED) is 0.393. The number of hydrogen-bond acceptors (Lipinski definition) is 0. The molecule has 0 atom stereocenters. The summed E-state index contributed by atoms with van der Waals surface area (Å²) in [5.41, 5.74) is -8.45. The van der Waals surface area contributed by atoms with Gasteiger partial charge < -0.3 is 0 Å². The zero-order valence-corrected chi connectivity index (χ0v) is 10.0. The first-order chi connectivity index (χ1) is 10.0. The van der Waals surface area contributed by atoms with Crippen LogP contribution in [0.1, 0.15) is 0 Å². The molecule has 16 heteroatoms. The molecule has 0 amide bonds. The highest BCUT2D eigenvalue weighted by atomic mass is 19.4. The molecule has 0 unspecified atom stereocenters. The molecule has 0 nitrogen and oxygen atoms in total. The molecule has 0 aromatic carbocycles. The van der Waals surface area contributed by atoms with Gasteiger partial charge in [-0.05, 0) is 0 Å². The summed E-state index contributed by atoms with van der Waals surface area (Å²) in [4.78, 5) is 0. The average molecular weight is 400 g/mol. The standard InChI is InChI=1S/C8F16/c9-1(8(22,23)24)2(10,11)4(14,15)6(18,19)7(20,21)5(16,17)3(1,12)13. The predicted octanol–water partition coefficient (Wildman–Crippen LogP) is 5.08. The van der Waals surface area contributed by atoms with Crippen molar-refractivity contribution in [3.63, 3.8) is 0 Å². The summed E-state index contributed by atoms with van der Waals surface area (Å²) in [6, 6.07) is 0. The van der Waals surface area contributed by atoms with Crippen LogP contribution in [0.3, 0.4) is 0 Å². The van der Waals surface area contributed by atoms with Crippen molar-refractivity contribution in [1.82, 2.24) is 0 Å². The van der Waals surface area contributed by atoms with E-state index in [2.05, 4.69) is 0 Å². The first-order valence-electron chi connectivity index (χ1n) is 5.02. The minimum atomic E-state index is -8.45. The van der Waals surface area contributed by atoms with Crippen LogP contribution in [0, 0.1) is 0 Å². The molecule has 1 fully saturated rings. The Morgan fingerprint density at radius 1 is 0.333 bits per heavy atom. The molecule has 0 heterocycles. The van der Waals surface area contributed by atoms with Crippen LogP contribution in [0.4, 0.5) is 70.2 Å². The van der Waals surface area contributed by atoms with Crippen molar-refractivity contribution < 1.29 is 70.2 Å². The largest absolute Gasteiger partial charge is 0.435 e. The molecular formula is C8F16. The fourth-order valence-corrected chi connectivity index (χ4v) is 1.77. The molecule has 1 rings (SSSR count). The van der Waals surface area contributed by atoms with Crippen LogP contribution in [0.2, 0.25) is 0 Å². The normalized spacial score (nSPS) is 32.0. The number of halogens is 16. The van der Waals surface area contributed by atoms with Crippen molar-refractivity contribution in [3.05, 3.63) is 0 Å². The third kappa shape index (κ3) is 1.64. The van der Waals surface area contributed by atoms with Crippen molar-refractivity contribution in [1.29, 1.82) is 0 Å². The lowest BCUT2D eigenvalue weighted by Crippen LogP contribution is -2.74. The van der Waals surface area contributed by atoms with Gasteiger partial charge in [-0.25, -0.2) is 4.39 Å². The Bertz CT molecular complexity index is 485. The van der Waals surface area contributed by atoms with Gasteiger partial charge in [-0.2, -0.15) is 65.9 Å². The molecule has 0 bridgehead atoms. The van der Waals surface area contributed by atoms with E-state index in [-0.39, 0.29) is 0 Å². The van der Waals surface area contributed by atoms with Crippen LogP contribution in [0.5, 0.6) is 0 Å². The maximum atomic E-state index is 13.3. The van der Waals surface area contributed by atoms with Crippen molar-refractivity contribution in [2.45, 2.75) is 47.4 Å². The fraction of sp³-hybridized carbons (Fsp3) is 1.00. The molecule has 1 aliphatic carbocycles. The highest BCUT2D eigenvalue weighted by molar-refractivity contribution is 5.28. The summed E-state index contributed by atoms with van der Waals surface area (Å²) in [6.07, 6.45) is -8.08. The summed E-state index contributed by atoms with van der Waals surface area (Å²) in [7, 11) is 0. The highest BCUT2D eigenvalue weighted by Gasteiger charge is 3.05. The molecule has 24 heavy (non-hydrogen) atoms. The lowest BCUT2D eigenvalue weighted by molar-refractivity contribution is -0.426. The topological polar surface area (TPSA) is 0 Å². The molecule has 144 valence electrons. The van der Waals surface area contributed by atoms with E-state index in [4.69, 9.17) is 0 Å². The number of hydrogen-bond donors (Lipinski definition) is 0. The first kappa shape index (κ1) is 20.9. The molecule has 0 aromatic rings. The molecule has 0 aliphatic heterocycles. The third-order valence-electron chi connectivity index (χ3n) is 3.23. The summed E-state index contributed by atoms with van der Waals surface area (Å²) in [5.74, 6) is -49.7. The van der Waals surface area contributed by atoms with Gasteiger partial charge in [0.2, 0.25) is 0 Å². The van der Waals surface area contributed by atoms with Crippen molar-refractivity contribution in [2.24, 2.45) is 0 Å². The van der Waals surface area contributed by atoms with Crippen LogP contribution in [-0.2, 0) is 0 Å². The van der Waals surface area contributed by atoms with Gasteiger partial charge in [-0.15, -0.1) is 0 Å². The zero-order chi connectivity index (χ0) is 20.0. The Morgan fingerprint density at radius 3 is 0.667 bits per heavy atom. The average Bonchev–Trinajstić information content (AvgIpc) is 2.34. The van der Waals surface area contributed by atoms with E-state index in [9.17, 15) is 70.2 Å².